The number of para-hydroxylation sites is 1. The Kier molecular flexibility index (Phi) is 5.78. The third kappa shape index (κ3) is 4.25. The summed E-state index contributed by atoms with van der Waals surface area (Å²) in [6.07, 6.45) is 0. The van der Waals surface area contributed by atoms with Crippen LogP contribution in [0.25, 0.3) is 0 Å². The van der Waals surface area contributed by atoms with Gasteiger partial charge < -0.3 is 20.1 Å². The van der Waals surface area contributed by atoms with Crippen molar-refractivity contribution in [1.29, 1.82) is 0 Å². The van der Waals surface area contributed by atoms with E-state index in [1.165, 1.54) is 7.11 Å². The fraction of sp³-hybridized carbons (Fsp3) is 0.222. The third-order valence-electron chi connectivity index (χ3n) is 3.50. The fourth-order valence-electron chi connectivity index (χ4n) is 2.15. The van der Waals surface area contributed by atoms with Gasteiger partial charge in [-0.15, -0.1) is 0 Å². The van der Waals surface area contributed by atoms with Gasteiger partial charge in [0.2, 0.25) is 0 Å². The van der Waals surface area contributed by atoms with Crippen molar-refractivity contribution in [2.24, 2.45) is 0 Å². The molecule has 0 aromatic heterocycles. The number of aryl methyl sites for hydroxylation is 1. The van der Waals surface area contributed by atoms with E-state index in [-0.39, 0.29) is 6.54 Å². The molecular formula is C18H20N2O4. The molecular weight excluding hydrogens is 308 g/mol. The molecule has 0 saturated heterocycles. The summed E-state index contributed by atoms with van der Waals surface area (Å²) in [7, 11) is 3.09. The average molecular weight is 328 g/mol. The molecule has 2 N–H and O–H groups in total. The van der Waals surface area contributed by atoms with E-state index in [0.717, 1.165) is 11.1 Å². The molecule has 2 aromatic carbocycles. The molecule has 24 heavy (non-hydrogen) atoms. The molecule has 0 atom stereocenters. The van der Waals surface area contributed by atoms with E-state index < -0.39 is 11.8 Å². The SMILES string of the molecule is COc1ccc(CNC(=O)C(=O)Nc2ccccc2C)cc1OC. The van der Waals surface area contributed by atoms with E-state index in [9.17, 15) is 9.59 Å². The Morgan fingerprint density at radius 2 is 1.67 bits per heavy atom. The molecule has 0 saturated carbocycles. The van der Waals surface area contributed by atoms with Crippen LogP contribution in [0.1, 0.15) is 11.1 Å². The Hall–Kier alpha value is -3.02. The van der Waals surface area contributed by atoms with Gasteiger partial charge >= 0.3 is 11.8 Å². The van der Waals surface area contributed by atoms with Crippen molar-refractivity contribution in [1.82, 2.24) is 5.32 Å². The minimum atomic E-state index is -0.704. The first-order valence-corrected chi connectivity index (χ1v) is 7.41. The predicted molar refractivity (Wildman–Crippen MR) is 91.2 cm³/mol. The van der Waals surface area contributed by atoms with E-state index >= 15 is 0 Å². The Morgan fingerprint density at radius 3 is 2.33 bits per heavy atom. The zero-order valence-corrected chi connectivity index (χ0v) is 13.9. The molecule has 0 aliphatic rings. The first-order valence-electron chi connectivity index (χ1n) is 7.41. The molecule has 0 bridgehead atoms. The van der Waals surface area contributed by atoms with Crippen LogP contribution < -0.4 is 20.1 Å². The largest absolute Gasteiger partial charge is 0.493 e. The molecule has 0 aliphatic carbocycles. The van der Waals surface area contributed by atoms with Gasteiger partial charge in [0.15, 0.2) is 11.5 Å². The van der Waals surface area contributed by atoms with Gasteiger partial charge in [-0.25, -0.2) is 0 Å². The maximum absolute atomic E-state index is 11.9. The van der Waals surface area contributed by atoms with Crippen LogP contribution in [0.15, 0.2) is 42.5 Å². The Morgan fingerprint density at radius 1 is 0.958 bits per heavy atom. The maximum Gasteiger partial charge on any atom is 0.313 e. The molecule has 0 heterocycles. The highest BCUT2D eigenvalue weighted by Gasteiger charge is 2.14. The van der Waals surface area contributed by atoms with Crippen LogP contribution in [0, 0.1) is 6.92 Å². The summed E-state index contributed by atoms with van der Waals surface area (Å²) >= 11 is 0. The lowest BCUT2D eigenvalue weighted by Gasteiger charge is -2.11. The minimum Gasteiger partial charge on any atom is -0.493 e. The Bertz CT molecular complexity index is 744. The van der Waals surface area contributed by atoms with Crippen LogP contribution in [0.3, 0.4) is 0 Å². The number of ether oxygens (including phenoxy) is 2. The lowest BCUT2D eigenvalue weighted by atomic mass is 10.2. The molecule has 2 rings (SSSR count). The van der Waals surface area contributed by atoms with Crippen molar-refractivity contribution in [3.05, 3.63) is 53.6 Å². The minimum absolute atomic E-state index is 0.209. The lowest BCUT2D eigenvalue weighted by molar-refractivity contribution is -0.136. The summed E-state index contributed by atoms with van der Waals surface area (Å²) < 4.78 is 10.4. The summed E-state index contributed by atoms with van der Waals surface area (Å²) in [5.41, 5.74) is 2.30. The monoisotopic (exact) mass is 328 g/mol. The van der Waals surface area contributed by atoms with Gasteiger partial charge in [0.05, 0.1) is 14.2 Å². The summed E-state index contributed by atoms with van der Waals surface area (Å²) in [5.74, 6) is -0.240. The number of hydrogen-bond donors (Lipinski definition) is 2. The molecule has 6 heteroatoms. The standard InChI is InChI=1S/C18H20N2O4/c1-12-6-4-5-7-14(12)20-18(22)17(21)19-11-13-8-9-15(23-2)16(10-13)24-3/h4-10H,11H2,1-3H3,(H,19,21)(H,20,22). The number of amides is 2. The van der Waals surface area contributed by atoms with Crippen LogP contribution in [0.2, 0.25) is 0 Å². The zero-order valence-electron chi connectivity index (χ0n) is 13.9. The quantitative estimate of drug-likeness (QED) is 0.826. The van der Waals surface area contributed by atoms with Crippen molar-refractivity contribution in [2.45, 2.75) is 13.5 Å². The molecule has 0 spiro atoms. The topological polar surface area (TPSA) is 76.7 Å². The summed E-state index contributed by atoms with van der Waals surface area (Å²) in [4.78, 5) is 23.9. The second-order valence-corrected chi connectivity index (χ2v) is 5.14. The van der Waals surface area contributed by atoms with E-state index in [0.29, 0.717) is 17.2 Å². The van der Waals surface area contributed by atoms with Crippen molar-refractivity contribution >= 4 is 17.5 Å². The number of anilines is 1. The van der Waals surface area contributed by atoms with E-state index in [1.807, 2.05) is 19.1 Å². The van der Waals surface area contributed by atoms with Crippen molar-refractivity contribution < 1.29 is 19.1 Å². The lowest BCUT2D eigenvalue weighted by Crippen LogP contribution is -2.35. The number of methoxy groups -OCH3 is 2. The zero-order chi connectivity index (χ0) is 17.5. The van der Waals surface area contributed by atoms with Crippen molar-refractivity contribution in [3.8, 4) is 11.5 Å². The highest BCUT2D eigenvalue weighted by molar-refractivity contribution is 6.39. The van der Waals surface area contributed by atoms with Gasteiger partial charge in [-0.3, -0.25) is 9.59 Å². The molecule has 2 aromatic rings. The van der Waals surface area contributed by atoms with Gasteiger partial charge in [-0.2, -0.15) is 0 Å². The summed E-state index contributed by atoms with van der Waals surface area (Å²) in [5, 5.41) is 5.17. The third-order valence-corrected chi connectivity index (χ3v) is 3.50. The van der Waals surface area contributed by atoms with E-state index in [1.54, 1.807) is 37.4 Å². The highest BCUT2D eigenvalue weighted by Crippen LogP contribution is 2.27. The van der Waals surface area contributed by atoms with Gasteiger partial charge in [0, 0.05) is 12.2 Å². The van der Waals surface area contributed by atoms with Crippen LogP contribution in [-0.2, 0) is 16.1 Å². The van der Waals surface area contributed by atoms with Gasteiger partial charge in [0.25, 0.3) is 0 Å². The normalized spacial score (nSPS) is 9.96. The van der Waals surface area contributed by atoms with Crippen molar-refractivity contribution in [2.75, 3.05) is 19.5 Å². The van der Waals surface area contributed by atoms with Crippen molar-refractivity contribution in [3.63, 3.8) is 0 Å². The number of benzene rings is 2. The molecule has 126 valence electrons. The number of nitrogens with one attached hydrogen (secondary N) is 2. The maximum atomic E-state index is 11.9. The predicted octanol–water partition coefficient (Wildman–Crippen LogP) is 2.27. The molecule has 0 fully saturated rings. The van der Waals surface area contributed by atoms with Gasteiger partial charge in [-0.05, 0) is 36.2 Å². The number of rotatable bonds is 5. The van der Waals surface area contributed by atoms with Crippen LogP contribution >= 0.6 is 0 Å². The second-order valence-electron chi connectivity index (χ2n) is 5.14. The van der Waals surface area contributed by atoms with Crippen LogP contribution in [0.4, 0.5) is 5.69 Å². The molecule has 0 radical (unpaired) electrons. The molecule has 0 aliphatic heterocycles. The highest BCUT2D eigenvalue weighted by atomic mass is 16.5. The fourth-order valence-corrected chi connectivity index (χ4v) is 2.15. The van der Waals surface area contributed by atoms with E-state index in [4.69, 9.17) is 9.47 Å². The van der Waals surface area contributed by atoms with Crippen LogP contribution in [0.5, 0.6) is 11.5 Å². The molecule has 6 nitrogen and oxygen atoms in total. The molecule has 0 unspecified atom stereocenters. The smallest absolute Gasteiger partial charge is 0.313 e. The first kappa shape index (κ1) is 17.3. The first-order chi connectivity index (χ1) is 11.5. The summed E-state index contributed by atoms with van der Waals surface area (Å²) in [6.45, 7) is 2.07. The Balaban J connectivity index is 1.95. The van der Waals surface area contributed by atoms with E-state index in [2.05, 4.69) is 10.6 Å². The second kappa shape index (κ2) is 8.01. The number of hydrogen-bond acceptors (Lipinski definition) is 4. The molecule has 2 amide bonds. The summed E-state index contributed by atoms with van der Waals surface area (Å²) in [6, 6.07) is 12.5. The number of carbonyl (C=O) groups is 2. The Labute approximate surface area is 140 Å². The number of carbonyl (C=O) groups excluding carboxylic acids is 2. The average Bonchev–Trinajstić information content (AvgIpc) is 2.61. The van der Waals surface area contributed by atoms with Gasteiger partial charge in [0.1, 0.15) is 0 Å². The van der Waals surface area contributed by atoms with Gasteiger partial charge in [-0.1, -0.05) is 24.3 Å². The van der Waals surface area contributed by atoms with Crippen LogP contribution in [-0.4, -0.2) is 26.0 Å².